The maximum Gasteiger partial charge on any atom is 0.164 e. The number of aromatic nitrogens is 3. The molecular formula is C49H32N4O. The smallest absolute Gasteiger partial charge is 0.164 e. The lowest BCUT2D eigenvalue weighted by Crippen LogP contribution is -2.09. The largest absolute Gasteiger partial charge is 0.456 e. The van der Waals surface area contributed by atoms with E-state index in [1.807, 2.05) is 72.8 Å². The van der Waals surface area contributed by atoms with Crippen molar-refractivity contribution in [3.8, 4) is 45.3 Å². The quantitative estimate of drug-likeness (QED) is 0.166. The predicted molar refractivity (Wildman–Crippen MR) is 221 cm³/mol. The lowest BCUT2D eigenvalue weighted by Gasteiger charge is -2.25. The summed E-state index contributed by atoms with van der Waals surface area (Å²) in [5.74, 6) is 1.81. The molecule has 10 rings (SSSR count). The van der Waals surface area contributed by atoms with Gasteiger partial charge in [0.2, 0.25) is 0 Å². The Morgan fingerprint density at radius 2 is 0.833 bits per heavy atom. The Hall–Kier alpha value is -7.37. The number of para-hydroxylation sites is 2. The first-order chi connectivity index (χ1) is 26.7. The Morgan fingerprint density at radius 1 is 0.352 bits per heavy atom. The monoisotopic (exact) mass is 692 g/mol. The minimum Gasteiger partial charge on any atom is -0.456 e. The first-order valence-corrected chi connectivity index (χ1v) is 18.0. The molecule has 10 aromatic rings. The van der Waals surface area contributed by atoms with Gasteiger partial charge in [0, 0.05) is 44.5 Å². The second-order valence-electron chi connectivity index (χ2n) is 13.3. The number of fused-ring (bicyclic) bond motifs is 4. The zero-order valence-electron chi connectivity index (χ0n) is 29.2. The molecular weight excluding hydrogens is 661 g/mol. The van der Waals surface area contributed by atoms with Crippen LogP contribution >= 0.6 is 0 Å². The number of benzene rings is 8. The lowest BCUT2D eigenvalue weighted by molar-refractivity contribution is 0.669. The van der Waals surface area contributed by atoms with E-state index in [2.05, 4.69) is 126 Å². The second-order valence-corrected chi connectivity index (χ2v) is 13.3. The summed E-state index contributed by atoms with van der Waals surface area (Å²) in [5.41, 5.74) is 9.61. The third-order valence-electron chi connectivity index (χ3n) is 9.87. The third kappa shape index (κ3) is 5.74. The van der Waals surface area contributed by atoms with E-state index in [0.29, 0.717) is 17.5 Å². The van der Waals surface area contributed by atoms with Crippen molar-refractivity contribution < 1.29 is 4.42 Å². The van der Waals surface area contributed by atoms with E-state index in [9.17, 15) is 0 Å². The van der Waals surface area contributed by atoms with Crippen LogP contribution in [-0.4, -0.2) is 15.0 Å². The fourth-order valence-electron chi connectivity index (χ4n) is 7.27. The molecule has 0 aliphatic rings. The average Bonchev–Trinajstić information content (AvgIpc) is 3.61. The SMILES string of the molecule is c1ccc(-c2nc(-c3ccccc3)nc(-c3cc(-c4ccc(N(c5ccccc5)c5ccccc5)cc4)cc4oc5cc6ccccc6cc5c34)n2)cc1. The summed E-state index contributed by atoms with van der Waals surface area (Å²) in [4.78, 5) is 17.6. The fraction of sp³-hybridized carbons (Fsp3) is 0. The van der Waals surface area contributed by atoms with Crippen LogP contribution in [0.4, 0.5) is 17.1 Å². The van der Waals surface area contributed by atoms with Crippen molar-refractivity contribution in [1.29, 1.82) is 0 Å². The molecule has 2 heterocycles. The van der Waals surface area contributed by atoms with Crippen molar-refractivity contribution >= 4 is 49.8 Å². The van der Waals surface area contributed by atoms with E-state index in [1.54, 1.807) is 0 Å². The highest BCUT2D eigenvalue weighted by Crippen LogP contribution is 2.42. The number of nitrogens with zero attached hydrogens (tertiary/aromatic N) is 4. The van der Waals surface area contributed by atoms with Gasteiger partial charge in [-0.3, -0.25) is 0 Å². The molecule has 254 valence electrons. The molecule has 2 aromatic heterocycles. The molecule has 0 aliphatic heterocycles. The van der Waals surface area contributed by atoms with E-state index in [1.165, 1.54) is 0 Å². The van der Waals surface area contributed by atoms with E-state index in [4.69, 9.17) is 19.4 Å². The minimum atomic E-state index is 0.585. The van der Waals surface area contributed by atoms with Gasteiger partial charge >= 0.3 is 0 Å². The number of anilines is 3. The first-order valence-electron chi connectivity index (χ1n) is 18.0. The number of hydrogen-bond donors (Lipinski definition) is 0. The van der Waals surface area contributed by atoms with Crippen LogP contribution in [0.1, 0.15) is 0 Å². The van der Waals surface area contributed by atoms with Crippen molar-refractivity contribution in [3.63, 3.8) is 0 Å². The maximum absolute atomic E-state index is 6.71. The van der Waals surface area contributed by atoms with Crippen LogP contribution in [-0.2, 0) is 0 Å². The van der Waals surface area contributed by atoms with Gasteiger partial charge in [-0.25, -0.2) is 15.0 Å². The van der Waals surface area contributed by atoms with Gasteiger partial charge in [-0.1, -0.05) is 133 Å². The summed E-state index contributed by atoms with van der Waals surface area (Å²) in [6, 6.07) is 66.9. The fourth-order valence-corrected chi connectivity index (χ4v) is 7.27. The third-order valence-corrected chi connectivity index (χ3v) is 9.87. The molecule has 0 saturated carbocycles. The van der Waals surface area contributed by atoms with Crippen molar-refractivity contribution in [2.24, 2.45) is 0 Å². The Bertz CT molecular complexity index is 2810. The van der Waals surface area contributed by atoms with Gasteiger partial charge in [0.05, 0.1) is 0 Å². The molecule has 0 amide bonds. The summed E-state index contributed by atoms with van der Waals surface area (Å²) < 4.78 is 6.71. The van der Waals surface area contributed by atoms with Crippen molar-refractivity contribution in [3.05, 3.63) is 194 Å². The van der Waals surface area contributed by atoms with Crippen molar-refractivity contribution in [2.75, 3.05) is 4.90 Å². The van der Waals surface area contributed by atoms with Crippen LogP contribution in [0.5, 0.6) is 0 Å². The molecule has 0 radical (unpaired) electrons. The molecule has 0 bridgehead atoms. The summed E-state index contributed by atoms with van der Waals surface area (Å²) >= 11 is 0. The molecule has 0 spiro atoms. The van der Waals surface area contributed by atoms with Crippen molar-refractivity contribution in [2.45, 2.75) is 0 Å². The average molecular weight is 693 g/mol. The van der Waals surface area contributed by atoms with Crippen LogP contribution in [0.25, 0.3) is 78.0 Å². The van der Waals surface area contributed by atoms with Crippen LogP contribution in [0, 0.1) is 0 Å². The van der Waals surface area contributed by atoms with Gasteiger partial charge < -0.3 is 9.32 Å². The standard InChI is InChI=1S/C49H32N4O/c1-5-15-34(16-6-1)47-50-48(35-17-7-2-8-18-35)52-49(51-47)43-30-38(32-45-46(43)42-29-36-19-13-14-20-37(36)31-44(42)54-45)33-25-27-41(28-26-33)53(39-21-9-3-10-22-39)40-23-11-4-12-24-40/h1-32H. The van der Waals surface area contributed by atoms with Gasteiger partial charge in [0.25, 0.3) is 0 Å². The predicted octanol–water partition coefficient (Wildman–Crippen LogP) is 13.1. The number of rotatable bonds is 7. The van der Waals surface area contributed by atoms with Gasteiger partial charge in [0.1, 0.15) is 11.2 Å². The van der Waals surface area contributed by atoms with Crippen LogP contribution in [0.3, 0.4) is 0 Å². The molecule has 0 unspecified atom stereocenters. The van der Waals surface area contributed by atoms with Gasteiger partial charge in [-0.05, 0) is 82.6 Å². The minimum absolute atomic E-state index is 0.585. The number of hydrogen-bond acceptors (Lipinski definition) is 5. The van der Waals surface area contributed by atoms with Gasteiger partial charge in [0.15, 0.2) is 17.5 Å². The second kappa shape index (κ2) is 13.3. The number of furan rings is 1. The highest BCUT2D eigenvalue weighted by atomic mass is 16.3. The summed E-state index contributed by atoms with van der Waals surface area (Å²) in [6.45, 7) is 0. The van der Waals surface area contributed by atoms with E-state index >= 15 is 0 Å². The van der Waals surface area contributed by atoms with Crippen LogP contribution < -0.4 is 4.90 Å². The first kappa shape index (κ1) is 31.4. The molecule has 0 N–H and O–H groups in total. The maximum atomic E-state index is 6.71. The molecule has 8 aromatic carbocycles. The van der Waals surface area contributed by atoms with Crippen molar-refractivity contribution in [1.82, 2.24) is 15.0 Å². The van der Waals surface area contributed by atoms with Gasteiger partial charge in [-0.2, -0.15) is 0 Å². The Labute approximate surface area is 312 Å². The van der Waals surface area contributed by atoms with E-state index in [0.717, 1.165) is 77.6 Å². The Kier molecular flexibility index (Phi) is 7.73. The van der Waals surface area contributed by atoms with Crippen LogP contribution in [0.15, 0.2) is 199 Å². The topological polar surface area (TPSA) is 55.1 Å². The summed E-state index contributed by atoms with van der Waals surface area (Å²) in [7, 11) is 0. The zero-order chi connectivity index (χ0) is 35.8. The molecule has 0 aliphatic carbocycles. The summed E-state index contributed by atoms with van der Waals surface area (Å²) in [6.07, 6.45) is 0. The molecule has 0 atom stereocenters. The Morgan fingerprint density at radius 3 is 1.41 bits per heavy atom. The molecule has 0 fully saturated rings. The van der Waals surface area contributed by atoms with Crippen LogP contribution in [0.2, 0.25) is 0 Å². The Balaban J connectivity index is 1.19. The highest BCUT2D eigenvalue weighted by Gasteiger charge is 2.21. The molecule has 5 nitrogen and oxygen atoms in total. The van der Waals surface area contributed by atoms with E-state index in [-0.39, 0.29) is 0 Å². The van der Waals surface area contributed by atoms with E-state index < -0.39 is 0 Å². The lowest BCUT2D eigenvalue weighted by atomic mass is 9.97. The molecule has 54 heavy (non-hydrogen) atoms. The van der Waals surface area contributed by atoms with Gasteiger partial charge in [-0.15, -0.1) is 0 Å². The normalized spacial score (nSPS) is 11.3. The molecule has 0 saturated heterocycles. The highest BCUT2D eigenvalue weighted by molar-refractivity contribution is 6.16. The summed E-state index contributed by atoms with van der Waals surface area (Å²) in [5, 5.41) is 4.26. The molecule has 5 heteroatoms. The zero-order valence-corrected chi connectivity index (χ0v) is 29.2.